The number of hydrogen-bond acceptors (Lipinski definition) is 8. The first-order valence-corrected chi connectivity index (χ1v) is 16.6. The molecule has 0 saturated carbocycles. The van der Waals surface area contributed by atoms with Crippen LogP contribution in [0.25, 0.3) is 32.8 Å². The predicted molar refractivity (Wildman–Crippen MR) is 180 cm³/mol. The van der Waals surface area contributed by atoms with Crippen LogP contribution in [-0.4, -0.2) is 85.1 Å². The zero-order valence-electron chi connectivity index (χ0n) is 27.3. The Hall–Kier alpha value is -4.11. The summed E-state index contributed by atoms with van der Waals surface area (Å²) in [5.41, 5.74) is -1.02. The predicted octanol–water partition coefficient (Wildman–Crippen LogP) is 6.01. The molecule has 7 rings (SSSR count). The van der Waals surface area contributed by atoms with Crippen LogP contribution >= 0.6 is 0 Å². The number of aromatic nitrogens is 2. The molecule has 4 aromatic rings. The number of fused-ring (bicyclic) bond motifs is 4. The van der Waals surface area contributed by atoms with E-state index in [1.165, 1.54) is 30.3 Å². The smallest absolute Gasteiger partial charge is 0.319 e. The van der Waals surface area contributed by atoms with Crippen LogP contribution in [0.15, 0.2) is 30.3 Å². The van der Waals surface area contributed by atoms with Gasteiger partial charge in [-0.2, -0.15) is 9.97 Å². The summed E-state index contributed by atoms with van der Waals surface area (Å²) in [6, 6.07) is 6.88. The summed E-state index contributed by atoms with van der Waals surface area (Å²) in [6.45, 7) is 6.99. The Labute approximate surface area is 278 Å². The minimum Gasteiger partial charge on any atom is -0.508 e. The van der Waals surface area contributed by atoms with Crippen molar-refractivity contribution in [3.63, 3.8) is 0 Å². The lowest BCUT2D eigenvalue weighted by molar-refractivity contribution is 0.0844. The number of likely N-dealkylation sites (tertiary alicyclic amines) is 1. The molecule has 252 valence electrons. The number of ether oxygens (including phenoxy) is 2. The highest BCUT2D eigenvalue weighted by molar-refractivity contribution is 6.04. The molecular formula is C37H40F3N5O3. The Morgan fingerprint density at radius 3 is 2.62 bits per heavy atom. The number of piperazine rings is 1. The van der Waals surface area contributed by atoms with Gasteiger partial charge < -0.3 is 29.7 Å². The maximum atomic E-state index is 16.9. The van der Waals surface area contributed by atoms with Crippen molar-refractivity contribution < 1.29 is 27.8 Å². The first-order chi connectivity index (χ1) is 23.2. The highest BCUT2D eigenvalue weighted by Gasteiger charge is 2.35. The molecule has 48 heavy (non-hydrogen) atoms. The molecule has 3 aromatic carbocycles. The molecular weight excluding hydrogens is 619 g/mol. The van der Waals surface area contributed by atoms with Gasteiger partial charge in [0.15, 0.2) is 5.82 Å². The summed E-state index contributed by atoms with van der Waals surface area (Å²) < 4.78 is 59.8. The van der Waals surface area contributed by atoms with E-state index in [9.17, 15) is 9.50 Å². The molecule has 1 unspecified atom stereocenters. The molecule has 2 bridgehead atoms. The number of phenolic OH excluding ortho intramolecular Hbond substituents is 1. The lowest BCUT2D eigenvalue weighted by Crippen LogP contribution is -2.51. The molecule has 3 aliphatic heterocycles. The number of anilines is 1. The zero-order valence-corrected chi connectivity index (χ0v) is 27.3. The van der Waals surface area contributed by atoms with Crippen molar-refractivity contribution in [3.8, 4) is 35.2 Å². The summed E-state index contributed by atoms with van der Waals surface area (Å²) in [7, 11) is 1.70. The number of halogens is 3. The second-order valence-electron chi connectivity index (χ2n) is 13.8. The van der Waals surface area contributed by atoms with E-state index in [0.29, 0.717) is 37.5 Å². The number of terminal acetylenes is 1. The fourth-order valence-electron chi connectivity index (χ4n) is 7.80. The van der Waals surface area contributed by atoms with E-state index in [-0.39, 0.29) is 56.7 Å². The molecule has 3 atom stereocenters. The second kappa shape index (κ2) is 13.1. The number of aromatic hydroxyl groups is 1. The molecule has 0 aliphatic carbocycles. The number of rotatable bonds is 8. The van der Waals surface area contributed by atoms with E-state index < -0.39 is 23.0 Å². The number of nitrogens with zero attached hydrogens (tertiary/aromatic N) is 4. The van der Waals surface area contributed by atoms with Crippen molar-refractivity contribution in [2.24, 2.45) is 5.41 Å². The number of benzene rings is 3. The third kappa shape index (κ3) is 6.13. The van der Waals surface area contributed by atoms with Gasteiger partial charge in [-0.25, -0.2) is 13.2 Å². The fraction of sp³-hybridized carbons (Fsp3) is 0.459. The molecule has 0 radical (unpaired) electrons. The Bertz CT molecular complexity index is 1900. The molecule has 11 heteroatoms. The topological polar surface area (TPSA) is 83.0 Å². The average Bonchev–Trinajstić information content (AvgIpc) is 3.28. The Balaban J connectivity index is 1.35. The van der Waals surface area contributed by atoms with E-state index in [1.807, 2.05) is 0 Å². The van der Waals surface area contributed by atoms with Gasteiger partial charge in [-0.05, 0) is 61.9 Å². The number of hydrogen-bond donors (Lipinski definition) is 2. The minimum absolute atomic E-state index is 0.00452. The van der Waals surface area contributed by atoms with Crippen LogP contribution in [0.5, 0.6) is 11.8 Å². The standard InChI is InChI=1S/C37H40F3N5O3/c1-4-26-29(38)10-7-22-15-25(46)16-27(31(22)26)32-30(39)17-28-34(33(32)40)42-36(43-35(28)45-18-23-8-9-24(19-45)41-23)48-21-37(2)11-5-6-12-44(20-37)13-14-47-3/h1,7,10,15-17,23-24,41,46H,5-6,8-9,11-14,18-21H2,2-3H3/t23-,24+,37?. The van der Waals surface area contributed by atoms with Gasteiger partial charge in [0.2, 0.25) is 0 Å². The van der Waals surface area contributed by atoms with Crippen LogP contribution in [0.4, 0.5) is 19.0 Å². The number of methoxy groups -OCH3 is 1. The Morgan fingerprint density at radius 1 is 1.08 bits per heavy atom. The van der Waals surface area contributed by atoms with E-state index in [1.54, 1.807) is 7.11 Å². The van der Waals surface area contributed by atoms with E-state index in [4.69, 9.17) is 20.9 Å². The molecule has 2 N–H and O–H groups in total. The van der Waals surface area contributed by atoms with Gasteiger partial charge in [-0.15, -0.1) is 6.42 Å². The molecule has 3 fully saturated rings. The first-order valence-electron chi connectivity index (χ1n) is 16.6. The first kappa shape index (κ1) is 32.4. The molecule has 0 amide bonds. The lowest BCUT2D eigenvalue weighted by Gasteiger charge is -2.35. The number of phenols is 1. The Morgan fingerprint density at radius 2 is 1.88 bits per heavy atom. The quantitative estimate of drug-likeness (QED) is 0.223. The van der Waals surface area contributed by atoms with Crippen molar-refractivity contribution in [2.45, 2.75) is 51.1 Å². The third-order valence-electron chi connectivity index (χ3n) is 10.1. The molecule has 1 aromatic heterocycles. The molecule has 4 heterocycles. The lowest BCUT2D eigenvalue weighted by atomic mass is 9.86. The van der Waals surface area contributed by atoms with Gasteiger partial charge in [0.25, 0.3) is 0 Å². The van der Waals surface area contributed by atoms with Gasteiger partial charge in [0.1, 0.15) is 28.7 Å². The number of nitrogens with one attached hydrogen (secondary N) is 1. The summed E-state index contributed by atoms with van der Waals surface area (Å²) in [5.74, 6) is -0.104. The highest BCUT2D eigenvalue weighted by Crippen LogP contribution is 2.42. The van der Waals surface area contributed by atoms with Crippen molar-refractivity contribution in [2.75, 3.05) is 57.9 Å². The second-order valence-corrected chi connectivity index (χ2v) is 13.8. The Kier molecular flexibility index (Phi) is 8.83. The summed E-state index contributed by atoms with van der Waals surface area (Å²) in [4.78, 5) is 13.8. The van der Waals surface area contributed by atoms with Crippen molar-refractivity contribution in [1.29, 1.82) is 0 Å². The normalized spacial score (nSPS) is 23.0. The van der Waals surface area contributed by atoms with Crippen LogP contribution in [0, 0.1) is 35.2 Å². The van der Waals surface area contributed by atoms with Crippen LogP contribution in [0.2, 0.25) is 0 Å². The summed E-state index contributed by atoms with van der Waals surface area (Å²) in [5, 5.41) is 14.8. The highest BCUT2D eigenvalue weighted by atomic mass is 19.1. The van der Waals surface area contributed by atoms with Gasteiger partial charge >= 0.3 is 6.01 Å². The van der Waals surface area contributed by atoms with E-state index >= 15 is 8.78 Å². The van der Waals surface area contributed by atoms with Crippen LogP contribution < -0.4 is 15.0 Å². The van der Waals surface area contributed by atoms with Crippen molar-refractivity contribution in [3.05, 3.63) is 53.3 Å². The molecule has 3 aliphatic rings. The maximum absolute atomic E-state index is 16.9. The van der Waals surface area contributed by atoms with Crippen LogP contribution in [0.3, 0.4) is 0 Å². The third-order valence-corrected chi connectivity index (χ3v) is 10.1. The van der Waals surface area contributed by atoms with Crippen molar-refractivity contribution >= 4 is 27.5 Å². The van der Waals surface area contributed by atoms with E-state index in [2.05, 4.69) is 32.9 Å². The van der Waals surface area contributed by atoms with E-state index in [0.717, 1.165) is 51.7 Å². The van der Waals surface area contributed by atoms with Gasteiger partial charge in [-0.1, -0.05) is 25.3 Å². The van der Waals surface area contributed by atoms with Crippen LogP contribution in [-0.2, 0) is 4.74 Å². The summed E-state index contributed by atoms with van der Waals surface area (Å²) in [6.07, 6.45) is 10.8. The monoisotopic (exact) mass is 659 g/mol. The SMILES string of the molecule is C#Cc1c(F)ccc2cc(O)cc(-c3c(F)cc4c(N5C[C@H]6CC[C@@H](C5)N6)nc(OCC5(C)CCCCN(CCOC)C5)nc4c3F)c12. The zero-order chi connectivity index (χ0) is 33.6. The van der Waals surface area contributed by atoms with Gasteiger partial charge in [-0.3, -0.25) is 0 Å². The molecule has 8 nitrogen and oxygen atoms in total. The van der Waals surface area contributed by atoms with Crippen molar-refractivity contribution in [1.82, 2.24) is 20.2 Å². The fourth-order valence-corrected chi connectivity index (χ4v) is 7.80. The summed E-state index contributed by atoms with van der Waals surface area (Å²) >= 11 is 0. The largest absolute Gasteiger partial charge is 0.508 e. The van der Waals surface area contributed by atoms with Gasteiger partial charge in [0.05, 0.1) is 24.3 Å². The van der Waals surface area contributed by atoms with Crippen LogP contribution in [0.1, 0.15) is 44.6 Å². The molecule has 3 saturated heterocycles. The van der Waals surface area contributed by atoms with Gasteiger partial charge in [0, 0.05) is 67.1 Å². The molecule has 0 spiro atoms. The minimum atomic E-state index is -0.970. The maximum Gasteiger partial charge on any atom is 0.319 e. The average molecular weight is 660 g/mol.